The Balaban J connectivity index is 1.78. The Labute approximate surface area is 201 Å². The second-order valence-corrected chi connectivity index (χ2v) is 10.3. The Kier molecular flexibility index (Phi) is 8.53. The van der Waals surface area contributed by atoms with Gasteiger partial charge in [-0.2, -0.15) is 0 Å². The summed E-state index contributed by atoms with van der Waals surface area (Å²) in [4.78, 5) is 13.0. The van der Waals surface area contributed by atoms with Gasteiger partial charge in [-0.15, -0.1) is 0 Å². The van der Waals surface area contributed by atoms with Crippen molar-refractivity contribution in [2.24, 2.45) is 5.92 Å². The first-order valence-electron chi connectivity index (χ1n) is 11.0. The van der Waals surface area contributed by atoms with Gasteiger partial charge in [0.05, 0.1) is 10.6 Å². The van der Waals surface area contributed by atoms with Crippen LogP contribution in [0.4, 0.5) is 5.69 Å². The van der Waals surface area contributed by atoms with Gasteiger partial charge >= 0.3 is 0 Å². The number of rotatable bonds is 10. The van der Waals surface area contributed by atoms with Crippen LogP contribution in [0.2, 0.25) is 5.02 Å². The largest absolute Gasteiger partial charge is 0.354 e. The number of carbonyl (C=O) groups excluding carboxylic acids is 1. The van der Waals surface area contributed by atoms with Gasteiger partial charge in [-0.1, -0.05) is 73.5 Å². The molecule has 0 heterocycles. The van der Waals surface area contributed by atoms with Crippen molar-refractivity contribution in [2.75, 3.05) is 17.4 Å². The zero-order valence-electron chi connectivity index (χ0n) is 18.9. The van der Waals surface area contributed by atoms with Crippen molar-refractivity contribution in [2.45, 2.75) is 31.6 Å². The van der Waals surface area contributed by atoms with Gasteiger partial charge in [0.15, 0.2) is 0 Å². The molecule has 1 N–H and O–H groups in total. The molecule has 1 atom stereocenters. The van der Waals surface area contributed by atoms with E-state index in [4.69, 9.17) is 11.6 Å². The van der Waals surface area contributed by atoms with Crippen molar-refractivity contribution >= 4 is 33.2 Å². The fraction of sp³-hybridized carbons (Fsp3) is 0.269. The molecule has 0 aromatic heterocycles. The molecule has 174 valence electrons. The zero-order chi connectivity index (χ0) is 23.8. The number of nitrogens with one attached hydrogen (secondary N) is 1. The number of halogens is 1. The van der Waals surface area contributed by atoms with Crippen molar-refractivity contribution in [3.63, 3.8) is 0 Å². The van der Waals surface area contributed by atoms with Gasteiger partial charge in [0, 0.05) is 11.6 Å². The average Bonchev–Trinajstić information content (AvgIpc) is 2.81. The van der Waals surface area contributed by atoms with E-state index in [2.05, 4.69) is 24.4 Å². The number of benzene rings is 3. The first-order valence-corrected chi connectivity index (χ1v) is 12.8. The third kappa shape index (κ3) is 6.59. The SMILES string of the molecule is CCC(CNC(=O)CN(c1ccccc1C)S(=O)(=O)c1ccc(Cl)cc1)Cc1ccccc1. The van der Waals surface area contributed by atoms with E-state index in [1.54, 1.807) is 12.1 Å². The molecule has 3 aromatic carbocycles. The number of sulfonamides is 1. The number of hydrogen-bond acceptors (Lipinski definition) is 3. The van der Waals surface area contributed by atoms with Crippen LogP contribution in [0, 0.1) is 12.8 Å². The number of amides is 1. The molecular formula is C26H29ClN2O3S. The lowest BCUT2D eigenvalue weighted by Gasteiger charge is -2.26. The number of carbonyl (C=O) groups is 1. The van der Waals surface area contributed by atoms with Gasteiger partial charge in [0.25, 0.3) is 10.0 Å². The van der Waals surface area contributed by atoms with Crippen LogP contribution < -0.4 is 9.62 Å². The molecule has 0 bridgehead atoms. The molecule has 5 nitrogen and oxygen atoms in total. The number of aryl methyl sites for hydroxylation is 1. The number of para-hydroxylation sites is 1. The minimum absolute atomic E-state index is 0.0819. The molecule has 3 rings (SSSR count). The molecular weight excluding hydrogens is 456 g/mol. The molecule has 0 fully saturated rings. The highest BCUT2D eigenvalue weighted by molar-refractivity contribution is 7.92. The highest BCUT2D eigenvalue weighted by Crippen LogP contribution is 2.27. The van der Waals surface area contributed by atoms with Crippen LogP contribution in [0.1, 0.15) is 24.5 Å². The second-order valence-electron chi connectivity index (χ2n) is 8.02. The van der Waals surface area contributed by atoms with Crippen LogP contribution in [0.25, 0.3) is 0 Å². The smallest absolute Gasteiger partial charge is 0.264 e. The third-order valence-corrected chi connectivity index (χ3v) is 7.63. The Morgan fingerprint density at radius 3 is 2.24 bits per heavy atom. The standard InChI is InChI=1S/C26H29ClN2O3S/c1-3-21(17-22-10-5-4-6-11-22)18-28-26(30)19-29(25-12-8-7-9-20(25)2)33(31,32)24-15-13-23(27)14-16-24/h4-16,21H,3,17-19H2,1-2H3,(H,28,30). The van der Waals surface area contributed by atoms with E-state index in [1.807, 2.05) is 37.3 Å². The quantitative estimate of drug-likeness (QED) is 0.428. The van der Waals surface area contributed by atoms with Crippen molar-refractivity contribution in [3.8, 4) is 0 Å². The molecule has 0 aliphatic heterocycles. The average molecular weight is 485 g/mol. The second kappa shape index (κ2) is 11.3. The van der Waals surface area contributed by atoms with Crippen LogP contribution in [0.15, 0.2) is 83.8 Å². The summed E-state index contributed by atoms with van der Waals surface area (Å²) in [5, 5.41) is 3.38. The summed E-state index contributed by atoms with van der Waals surface area (Å²) in [6.45, 7) is 4.08. The van der Waals surface area contributed by atoms with E-state index in [1.165, 1.54) is 34.1 Å². The summed E-state index contributed by atoms with van der Waals surface area (Å²) in [5.74, 6) is -0.0848. The van der Waals surface area contributed by atoms with E-state index in [-0.39, 0.29) is 23.3 Å². The maximum absolute atomic E-state index is 13.5. The molecule has 1 unspecified atom stereocenters. The van der Waals surface area contributed by atoms with Crippen LogP contribution >= 0.6 is 11.6 Å². The number of anilines is 1. The lowest BCUT2D eigenvalue weighted by atomic mass is 9.97. The summed E-state index contributed by atoms with van der Waals surface area (Å²) in [5.41, 5.74) is 2.45. The van der Waals surface area contributed by atoms with Gasteiger partial charge in [0.2, 0.25) is 5.91 Å². The zero-order valence-corrected chi connectivity index (χ0v) is 20.4. The maximum atomic E-state index is 13.5. The van der Waals surface area contributed by atoms with Crippen molar-refractivity contribution in [1.29, 1.82) is 0 Å². The van der Waals surface area contributed by atoms with Crippen LogP contribution in [0.3, 0.4) is 0 Å². The van der Waals surface area contributed by atoms with E-state index >= 15 is 0 Å². The maximum Gasteiger partial charge on any atom is 0.264 e. The summed E-state index contributed by atoms with van der Waals surface area (Å²) in [6, 6.07) is 23.2. The topological polar surface area (TPSA) is 66.5 Å². The monoisotopic (exact) mass is 484 g/mol. The highest BCUT2D eigenvalue weighted by atomic mass is 35.5. The molecule has 0 spiro atoms. The molecule has 3 aromatic rings. The van der Waals surface area contributed by atoms with Gasteiger partial charge in [0.1, 0.15) is 6.54 Å². The van der Waals surface area contributed by atoms with Crippen LogP contribution in [0.5, 0.6) is 0 Å². The molecule has 0 aliphatic rings. The number of nitrogens with zero attached hydrogens (tertiary/aromatic N) is 1. The molecule has 7 heteroatoms. The fourth-order valence-electron chi connectivity index (χ4n) is 3.63. The fourth-order valence-corrected chi connectivity index (χ4v) is 5.24. The highest BCUT2D eigenvalue weighted by Gasteiger charge is 2.28. The molecule has 0 saturated heterocycles. The summed E-state index contributed by atoms with van der Waals surface area (Å²) >= 11 is 5.94. The van der Waals surface area contributed by atoms with Gasteiger partial charge in [-0.3, -0.25) is 9.10 Å². The minimum Gasteiger partial charge on any atom is -0.354 e. The first-order chi connectivity index (χ1) is 15.8. The van der Waals surface area contributed by atoms with Crippen molar-refractivity contribution in [1.82, 2.24) is 5.32 Å². The molecule has 0 radical (unpaired) electrons. The predicted molar refractivity (Wildman–Crippen MR) is 134 cm³/mol. The van der Waals surface area contributed by atoms with Gasteiger partial charge < -0.3 is 5.32 Å². The van der Waals surface area contributed by atoms with Gasteiger partial charge in [-0.25, -0.2) is 8.42 Å². The Morgan fingerprint density at radius 2 is 1.61 bits per heavy atom. The van der Waals surface area contributed by atoms with Crippen molar-refractivity contribution < 1.29 is 13.2 Å². The summed E-state index contributed by atoms with van der Waals surface area (Å²) in [6.07, 6.45) is 1.75. The predicted octanol–water partition coefficient (Wildman–Crippen LogP) is 5.23. The van der Waals surface area contributed by atoms with Gasteiger partial charge in [-0.05, 0) is 60.7 Å². The first kappa shape index (κ1) is 24.8. The summed E-state index contributed by atoms with van der Waals surface area (Å²) < 4.78 is 28.1. The Morgan fingerprint density at radius 1 is 0.970 bits per heavy atom. The van der Waals surface area contributed by atoms with E-state index in [0.717, 1.165) is 18.4 Å². The Bertz CT molecular complexity index is 1170. The van der Waals surface area contributed by atoms with Crippen molar-refractivity contribution in [3.05, 3.63) is 95.0 Å². The van der Waals surface area contributed by atoms with E-state index in [9.17, 15) is 13.2 Å². The van der Waals surface area contributed by atoms with Crippen LogP contribution in [-0.4, -0.2) is 27.4 Å². The minimum atomic E-state index is -3.97. The molecule has 0 saturated carbocycles. The van der Waals surface area contributed by atoms with Crippen LogP contribution in [-0.2, 0) is 21.2 Å². The lowest BCUT2D eigenvalue weighted by molar-refractivity contribution is -0.119. The number of hydrogen-bond donors (Lipinski definition) is 1. The van der Waals surface area contributed by atoms with E-state index in [0.29, 0.717) is 17.3 Å². The molecule has 1 amide bonds. The summed E-state index contributed by atoms with van der Waals surface area (Å²) in [7, 11) is -3.97. The third-order valence-electron chi connectivity index (χ3n) is 5.61. The molecule has 0 aliphatic carbocycles. The van der Waals surface area contributed by atoms with E-state index < -0.39 is 10.0 Å². The molecule has 33 heavy (non-hydrogen) atoms. The lowest BCUT2D eigenvalue weighted by Crippen LogP contribution is -2.42. The normalized spacial score (nSPS) is 12.2. The Hall–Kier alpha value is -2.83.